The maximum Gasteiger partial charge on any atom is 0.221 e. The van der Waals surface area contributed by atoms with Crippen molar-refractivity contribution < 1.29 is 17.2 Å². The maximum absolute atomic E-state index is 12.8. The van der Waals surface area contributed by atoms with Crippen LogP contribution in [0.2, 0.25) is 0 Å². The highest BCUT2D eigenvalue weighted by Crippen LogP contribution is 2.08. The van der Waals surface area contributed by atoms with Crippen molar-refractivity contribution in [2.45, 2.75) is 6.42 Å². The number of nitrogens with one attached hydrogen (secondary N) is 1. The molecule has 1 aromatic rings. The first-order valence-corrected chi connectivity index (χ1v) is 7.18. The van der Waals surface area contributed by atoms with E-state index >= 15 is 0 Å². The zero-order valence-corrected chi connectivity index (χ0v) is 10.6. The molecule has 0 spiro atoms. The lowest BCUT2D eigenvalue weighted by Crippen LogP contribution is -2.26. The highest BCUT2D eigenvalue weighted by Gasteiger charge is 2.07. The number of sulfonamides is 1. The van der Waals surface area contributed by atoms with Gasteiger partial charge in [-0.1, -0.05) is 15.9 Å². The Labute approximate surface area is 101 Å². The van der Waals surface area contributed by atoms with E-state index < -0.39 is 21.7 Å². The predicted octanol–water partition coefficient (Wildman–Crippen LogP) is 1.78. The van der Waals surface area contributed by atoms with Crippen molar-refractivity contribution in [2.24, 2.45) is 0 Å². The minimum Gasteiger partial charge on any atom is -0.214 e. The molecule has 0 saturated heterocycles. The fraction of sp³-hybridized carbons (Fsp3) is 0.333. The van der Waals surface area contributed by atoms with E-state index in [0.29, 0.717) is 5.56 Å². The minimum absolute atomic E-state index is 0.108. The van der Waals surface area contributed by atoms with Gasteiger partial charge in [-0.05, 0) is 24.1 Å². The Balaban J connectivity index is 2.55. The standard InChI is InChI=1S/C9H10BrF2NO2S/c10-6-16(14,15)13-2-1-7-3-8(11)5-9(12)4-7/h3-5,13H,1-2,6H2. The molecule has 0 unspecified atom stereocenters. The number of benzene rings is 1. The zero-order chi connectivity index (χ0) is 12.2. The third-order valence-corrected chi connectivity index (χ3v) is 4.54. The van der Waals surface area contributed by atoms with Gasteiger partial charge in [0.05, 0.1) is 0 Å². The van der Waals surface area contributed by atoms with Gasteiger partial charge >= 0.3 is 0 Å². The smallest absolute Gasteiger partial charge is 0.214 e. The van der Waals surface area contributed by atoms with Crippen molar-refractivity contribution in [1.82, 2.24) is 4.72 Å². The number of alkyl halides is 1. The maximum atomic E-state index is 12.8. The monoisotopic (exact) mass is 313 g/mol. The Kier molecular flexibility index (Phi) is 4.82. The molecule has 7 heteroatoms. The molecule has 0 fully saturated rings. The highest BCUT2D eigenvalue weighted by atomic mass is 79.9. The van der Waals surface area contributed by atoms with Gasteiger partial charge in [-0.15, -0.1) is 0 Å². The predicted molar refractivity (Wildman–Crippen MR) is 60.8 cm³/mol. The van der Waals surface area contributed by atoms with E-state index in [1.165, 1.54) is 12.1 Å². The summed E-state index contributed by atoms with van der Waals surface area (Å²) in [7, 11) is -3.33. The lowest BCUT2D eigenvalue weighted by molar-refractivity contribution is 0.577. The fourth-order valence-electron chi connectivity index (χ4n) is 1.14. The summed E-state index contributed by atoms with van der Waals surface area (Å²) in [4.78, 5) is 0. The van der Waals surface area contributed by atoms with Crippen LogP contribution in [-0.4, -0.2) is 19.6 Å². The average Bonchev–Trinajstić information content (AvgIpc) is 2.16. The number of hydrogen-bond acceptors (Lipinski definition) is 2. The van der Waals surface area contributed by atoms with Crippen molar-refractivity contribution >= 4 is 26.0 Å². The summed E-state index contributed by atoms with van der Waals surface area (Å²) < 4.78 is 49.7. The summed E-state index contributed by atoms with van der Waals surface area (Å²) in [6, 6.07) is 3.11. The fourth-order valence-corrected chi connectivity index (χ4v) is 2.12. The van der Waals surface area contributed by atoms with Gasteiger partial charge in [-0.25, -0.2) is 21.9 Å². The normalized spacial score (nSPS) is 11.7. The Bertz CT molecular complexity index is 444. The second-order valence-corrected chi connectivity index (χ2v) is 6.26. The van der Waals surface area contributed by atoms with Gasteiger partial charge in [0.15, 0.2) is 0 Å². The Morgan fingerprint density at radius 3 is 2.25 bits per heavy atom. The third kappa shape index (κ3) is 4.54. The van der Waals surface area contributed by atoms with E-state index in [4.69, 9.17) is 0 Å². The van der Waals surface area contributed by atoms with Gasteiger partial charge in [-0.3, -0.25) is 0 Å². The third-order valence-electron chi connectivity index (χ3n) is 1.80. The van der Waals surface area contributed by atoms with Crippen LogP contribution in [-0.2, 0) is 16.4 Å². The zero-order valence-electron chi connectivity index (χ0n) is 8.21. The van der Waals surface area contributed by atoms with Crippen molar-refractivity contribution in [1.29, 1.82) is 0 Å². The van der Waals surface area contributed by atoms with Crippen LogP contribution in [0.25, 0.3) is 0 Å². The van der Waals surface area contributed by atoms with Crippen LogP contribution >= 0.6 is 15.9 Å². The average molecular weight is 314 g/mol. The highest BCUT2D eigenvalue weighted by molar-refractivity contribution is 9.10. The molecule has 1 rings (SSSR count). The van der Waals surface area contributed by atoms with Crippen LogP contribution in [0.5, 0.6) is 0 Å². The summed E-state index contributed by atoms with van der Waals surface area (Å²) >= 11 is 2.81. The molecule has 16 heavy (non-hydrogen) atoms. The van der Waals surface area contributed by atoms with Gasteiger partial charge in [0.1, 0.15) is 16.3 Å². The molecule has 1 aromatic carbocycles. The summed E-state index contributed by atoms with van der Waals surface area (Å²) in [5.41, 5.74) is 0.412. The molecule has 0 saturated carbocycles. The van der Waals surface area contributed by atoms with Gasteiger partial charge in [0.2, 0.25) is 10.0 Å². The number of hydrogen-bond donors (Lipinski definition) is 1. The van der Waals surface area contributed by atoms with Gasteiger partial charge in [0, 0.05) is 12.6 Å². The Morgan fingerprint density at radius 2 is 1.75 bits per heavy atom. The van der Waals surface area contributed by atoms with Gasteiger partial charge in [-0.2, -0.15) is 0 Å². The summed E-state index contributed by atoms with van der Waals surface area (Å²) in [5, 5.41) is 0. The molecular formula is C9H10BrF2NO2S. The van der Waals surface area contributed by atoms with Gasteiger partial charge < -0.3 is 0 Å². The Hall–Kier alpha value is -0.530. The summed E-state index contributed by atoms with van der Waals surface area (Å²) in [6.45, 7) is 0.108. The second-order valence-electron chi connectivity index (χ2n) is 3.15. The van der Waals surface area contributed by atoms with Crippen molar-refractivity contribution in [3.05, 3.63) is 35.4 Å². The molecule has 0 heterocycles. The van der Waals surface area contributed by atoms with Crippen LogP contribution in [0, 0.1) is 11.6 Å². The molecule has 0 bridgehead atoms. The lowest BCUT2D eigenvalue weighted by Gasteiger charge is -2.04. The van der Waals surface area contributed by atoms with Crippen molar-refractivity contribution in [3.8, 4) is 0 Å². The van der Waals surface area contributed by atoms with Crippen LogP contribution < -0.4 is 4.72 Å². The SMILES string of the molecule is O=S(=O)(CBr)NCCc1cc(F)cc(F)c1. The largest absolute Gasteiger partial charge is 0.221 e. The molecule has 0 amide bonds. The summed E-state index contributed by atoms with van der Waals surface area (Å²) in [5.74, 6) is -1.34. The number of halogens is 3. The molecule has 0 radical (unpaired) electrons. The first kappa shape index (κ1) is 13.5. The minimum atomic E-state index is -3.33. The Morgan fingerprint density at radius 1 is 1.19 bits per heavy atom. The molecule has 3 nitrogen and oxygen atoms in total. The van der Waals surface area contributed by atoms with Crippen LogP contribution in [0.3, 0.4) is 0 Å². The van der Waals surface area contributed by atoms with Gasteiger partial charge in [0.25, 0.3) is 0 Å². The van der Waals surface area contributed by atoms with E-state index in [-0.39, 0.29) is 17.6 Å². The van der Waals surface area contributed by atoms with Crippen molar-refractivity contribution in [2.75, 3.05) is 11.2 Å². The van der Waals surface area contributed by atoms with E-state index in [9.17, 15) is 17.2 Å². The first-order chi connectivity index (χ1) is 7.43. The van der Waals surface area contributed by atoms with E-state index in [2.05, 4.69) is 20.7 Å². The molecule has 0 aromatic heterocycles. The number of rotatable bonds is 5. The molecule has 0 aliphatic heterocycles. The van der Waals surface area contributed by atoms with E-state index in [1.807, 2.05) is 0 Å². The molecule has 0 atom stereocenters. The second kappa shape index (κ2) is 5.70. The topological polar surface area (TPSA) is 46.2 Å². The molecule has 0 aliphatic carbocycles. The quantitative estimate of drug-likeness (QED) is 0.842. The molecule has 0 aliphatic rings. The van der Waals surface area contributed by atoms with E-state index in [1.54, 1.807) is 0 Å². The summed E-state index contributed by atoms with van der Waals surface area (Å²) in [6.07, 6.45) is 0.237. The molecule has 1 N–H and O–H groups in total. The first-order valence-electron chi connectivity index (χ1n) is 4.41. The molecule has 90 valence electrons. The van der Waals surface area contributed by atoms with Crippen LogP contribution in [0.4, 0.5) is 8.78 Å². The molecular weight excluding hydrogens is 304 g/mol. The lowest BCUT2D eigenvalue weighted by atomic mass is 10.1. The van der Waals surface area contributed by atoms with Crippen LogP contribution in [0.1, 0.15) is 5.56 Å². The van der Waals surface area contributed by atoms with E-state index in [0.717, 1.165) is 6.07 Å². The van der Waals surface area contributed by atoms with Crippen molar-refractivity contribution in [3.63, 3.8) is 0 Å². The van der Waals surface area contributed by atoms with Crippen LogP contribution in [0.15, 0.2) is 18.2 Å².